The molecule has 0 aliphatic rings. The number of hydrogen-bond acceptors (Lipinski definition) is 5. The lowest BCUT2D eigenvalue weighted by Gasteiger charge is -2.28. The maximum atomic E-state index is 12.3. The van der Waals surface area contributed by atoms with E-state index >= 15 is 0 Å². The highest BCUT2D eigenvalue weighted by Crippen LogP contribution is 2.17. The molecular weight excluding hydrogens is 322 g/mol. The number of carbonyl (C=O) groups excluding carboxylic acids is 1. The predicted molar refractivity (Wildman–Crippen MR) is 101 cm³/mol. The predicted octanol–water partition coefficient (Wildman–Crippen LogP) is 1.05. The highest BCUT2D eigenvalue weighted by atomic mass is 16.2. The molecule has 0 saturated heterocycles. The maximum Gasteiger partial charge on any atom is 0.330 e. The number of nitrogens with two attached hydrogens (primary N) is 1. The number of aromatic amines is 1. The van der Waals surface area contributed by atoms with Crippen molar-refractivity contribution in [2.75, 3.05) is 23.7 Å². The van der Waals surface area contributed by atoms with Crippen LogP contribution in [0.15, 0.2) is 9.59 Å². The molecule has 8 nitrogen and oxygen atoms in total. The van der Waals surface area contributed by atoms with E-state index in [-0.39, 0.29) is 29.5 Å². The van der Waals surface area contributed by atoms with Crippen LogP contribution in [0.1, 0.15) is 53.9 Å². The van der Waals surface area contributed by atoms with Gasteiger partial charge in [0.25, 0.3) is 5.56 Å². The number of unbranched alkanes of at least 4 members (excludes halogenated alkanes) is 1. The summed E-state index contributed by atoms with van der Waals surface area (Å²) in [6.07, 6.45) is 2.45. The van der Waals surface area contributed by atoms with Gasteiger partial charge in [0.2, 0.25) is 5.91 Å². The Hall–Kier alpha value is -2.25. The van der Waals surface area contributed by atoms with Crippen molar-refractivity contribution < 1.29 is 4.79 Å². The number of hydrogen-bond donors (Lipinski definition) is 3. The molecule has 0 aliphatic heterocycles. The highest BCUT2D eigenvalue weighted by molar-refractivity contribution is 5.83. The van der Waals surface area contributed by atoms with Crippen LogP contribution in [0.5, 0.6) is 0 Å². The van der Waals surface area contributed by atoms with Crippen LogP contribution in [-0.2, 0) is 11.3 Å². The summed E-state index contributed by atoms with van der Waals surface area (Å²) in [5, 5.41) is 2.94. The molecule has 1 amide bonds. The second-order valence-corrected chi connectivity index (χ2v) is 6.80. The Morgan fingerprint density at radius 2 is 1.92 bits per heavy atom. The lowest BCUT2D eigenvalue weighted by molar-refractivity contribution is -0.121. The van der Waals surface area contributed by atoms with Crippen molar-refractivity contribution in [3.8, 4) is 0 Å². The number of likely N-dealkylation sites (N-methyl/N-ethyl adjacent to an activating group) is 1. The number of nitrogens with one attached hydrogen (secondary N) is 2. The first-order valence-electron chi connectivity index (χ1n) is 8.85. The van der Waals surface area contributed by atoms with E-state index in [0.717, 1.165) is 19.3 Å². The Morgan fingerprint density at radius 1 is 1.28 bits per heavy atom. The third-order valence-electron chi connectivity index (χ3n) is 4.34. The molecule has 1 heterocycles. The zero-order chi connectivity index (χ0) is 19.2. The number of amides is 1. The van der Waals surface area contributed by atoms with Gasteiger partial charge in [-0.05, 0) is 33.6 Å². The van der Waals surface area contributed by atoms with Gasteiger partial charge in [-0.25, -0.2) is 4.79 Å². The van der Waals surface area contributed by atoms with E-state index in [9.17, 15) is 14.4 Å². The van der Waals surface area contributed by atoms with Crippen LogP contribution in [0, 0.1) is 0 Å². The molecule has 0 spiro atoms. The number of H-pyrrole nitrogens is 1. The number of nitrogens with zero attached hydrogens (tertiary/aromatic N) is 2. The molecule has 0 aromatic carbocycles. The van der Waals surface area contributed by atoms with E-state index in [1.165, 1.54) is 4.57 Å². The molecule has 0 atom stereocenters. The van der Waals surface area contributed by atoms with E-state index in [0.29, 0.717) is 13.1 Å². The quantitative estimate of drug-likeness (QED) is 0.614. The van der Waals surface area contributed by atoms with Crippen molar-refractivity contribution in [3.63, 3.8) is 0 Å². The van der Waals surface area contributed by atoms with E-state index in [1.54, 1.807) is 4.90 Å². The molecule has 142 valence electrons. The Kier molecular flexibility index (Phi) is 7.26. The molecule has 0 unspecified atom stereocenters. The normalized spacial score (nSPS) is 11.4. The summed E-state index contributed by atoms with van der Waals surface area (Å²) >= 11 is 0. The van der Waals surface area contributed by atoms with Gasteiger partial charge in [-0.2, -0.15) is 0 Å². The van der Waals surface area contributed by atoms with Crippen LogP contribution in [0.2, 0.25) is 0 Å². The van der Waals surface area contributed by atoms with Crippen LogP contribution in [-0.4, -0.2) is 34.1 Å². The van der Waals surface area contributed by atoms with E-state index in [4.69, 9.17) is 5.73 Å². The van der Waals surface area contributed by atoms with Crippen molar-refractivity contribution >= 4 is 17.4 Å². The fourth-order valence-corrected chi connectivity index (χ4v) is 2.45. The number of carbonyl (C=O) groups is 1. The standard InChI is InChI=1S/C17H31N5O3/c1-6-9-10-22-14(18)13(15(24)19-16(22)25)21(8-3)11-12(23)20-17(4,5)7-2/h6-11,18H2,1-5H3,(H,20,23)(H,19,24,25). The smallest absolute Gasteiger partial charge is 0.330 e. The first-order chi connectivity index (χ1) is 11.7. The molecule has 25 heavy (non-hydrogen) atoms. The summed E-state index contributed by atoms with van der Waals surface area (Å²) < 4.78 is 1.36. The molecule has 0 bridgehead atoms. The van der Waals surface area contributed by atoms with Gasteiger partial charge in [0.1, 0.15) is 11.5 Å². The Morgan fingerprint density at radius 3 is 2.44 bits per heavy atom. The summed E-state index contributed by atoms with van der Waals surface area (Å²) in [5.74, 6) is -0.0922. The van der Waals surface area contributed by atoms with Gasteiger partial charge in [0.05, 0.1) is 6.54 Å². The minimum Gasteiger partial charge on any atom is -0.383 e. The third-order valence-corrected chi connectivity index (χ3v) is 4.34. The van der Waals surface area contributed by atoms with E-state index in [1.807, 2.05) is 34.6 Å². The summed E-state index contributed by atoms with van der Waals surface area (Å²) in [6, 6.07) is 0. The molecule has 8 heteroatoms. The van der Waals surface area contributed by atoms with Gasteiger partial charge in [-0.15, -0.1) is 0 Å². The van der Waals surface area contributed by atoms with Gasteiger partial charge in [0, 0.05) is 18.6 Å². The Labute approximate surface area is 148 Å². The minimum atomic E-state index is -0.570. The van der Waals surface area contributed by atoms with Crippen LogP contribution in [0.3, 0.4) is 0 Å². The SMILES string of the molecule is CCCCn1c(N)c(N(CC)CC(=O)NC(C)(C)CC)c(=O)[nH]c1=O. The first-order valence-corrected chi connectivity index (χ1v) is 8.85. The van der Waals surface area contributed by atoms with Gasteiger partial charge < -0.3 is 16.0 Å². The first kappa shape index (κ1) is 20.8. The van der Waals surface area contributed by atoms with Gasteiger partial charge >= 0.3 is 5.69 Å². The second kappa shape index (κ2) is 8.73. The summed E-state index contributed by atoms with van der Waals surface area (Å²) in [7, 11) is 0. The molecule has 1 aromatic rings. The lowest BCUT2D eigenvalue weighted by Crippen LogP contribution is -2.48. The Balaban J connectivity index is 3.16. The number of anilines is 2. The molecular formula is C17H31N5O3. The van der Waals surface area contributed by atoms with Crippen LogP contribution in [0.4, 0.5) is 11.5 Å². The molecule has 0 fully saturated rings. The second-order valence-electron chi connectivity index (χ2n) is 6.80. The zero-order valence-corrected chi connectivity index (χ0v) is 15.9. The maximum absolute atomic E-state index is 12.3. The largest absolute Gasteiger partial charge is 0.383 e. The van der Waals surface area contributed by atoms with E-state index < -0.39 is 11.2 Å². The zero-order valence-electron chi connectivity index (χ0n) is 15.9. The van der Waals surface area contributed by atoms with Crippen LogP contribution < -0.4 is 27.2 Å². The molecule has 0 saturated carbocycles. The summed E-state index contributed by atoms with van der Waals surface area (Å²) in [6.45, 7) is 10.5. The summed E-state index contributed by atoms with van der Waals surface area (Å²) in [5.41, 5.74) is 4.85. The summed E-state index contributed by atoms with van der Waals surface area (Å²) in [4.78, 5) is 40.5. The average molecular weight is 353 g/mol. The lowest BCUT2D eigenvalue weighted by atomic mass is 10.0. The van der Waals surface area contributed by atoms with Crippen LogP contribution >= 0.6 is 0 Å². The van der Waals surface area contributed by atoms with Gasteiger partial charge in [0.15, 0.2) is 0 Å². The van der Waals surface area contributed by atoms with Crippen LogP contribution in [0.25, 0.3) is 0 Å². The molecule has 0 radical (unpaired) electrons. The van der Waals surface area contributed by atoms with Crippen molar-refractivity contribution in [2.24, 2.45) is 0 Å². The minimum absolute atomic E-state index is 0.000802. The Bertz CT molecular complexity index is 705. The van der Waals surface area contributed by atoms with Crippen molar-refractivity contribution in [1.82, 2.24) is 14.9 Å². The van der Waals surface area contributed by atoms with Crippen molar-refractivity contribution in [2.45, 2.75) is 66.0 Å². The van der Waals surface area contributed by atoms with E-state index in [2.05, 4.69) is 10.3 Å². The fraction of sp³-hybridized carbons (Fsp3) is 0.706. The fourth-order valence-electron chi connectivity index (χ4n) is 2.45. The monoisotopic (exact) mass is 353 g/mol. The van der Waals surface area contributed by atoms with Gasteiger partial charge in [-0.3, -0.25) is 19.1 Å². The van der Waals surface area contributed by atoms with Crippen molar-refractivity contribution in [3.05, 3.63) is 20.8 Å². The molecule has 0 aliphatic carbocycles. The molecule has 1 rings (SSSR count). The topological polar surface area (TPSA) is 113 Å². The third kappa shape index (κ3) is 5.37. The van der Waals surface area contributed by atoms with Crippen molar-refractivity contribution in [1.29, 1.82) is 0 Å². The highest BCUT2D eigenvalue weighted by Gasteiger charge is 2.23. The number of rotatable bonds is 9. The average Bonchev–Trinajstić information content (AvgIpc) is 2.52. The number of aromatic nitrogens is 2. The molecule has 4 N–H and O–H groups in total. The molecule has 1 aromatic heterocycles. The van der Waals surface area contributed by atoms with Gasteiger partial charge in [-0.1, -0.05) is 20.3 Å². The number of nitrogen functional groups attached to an aromatic ring is 1.